The second kappa shape index (κ2) is 3.94. The van der Waals surface area contributed by atoms with Crippen molar-refractivity contribution in [1.29, 1.82) is 0 Å². The average Bonchev–Trinajstić information content (AvgIpc) is 2.21. The largest absolute Gasteiger partial charge is 0.329 e. The van der Waals surface area contributed by atoms with Crippen molar-refractivity contribution < 1.29 is 13.6 Å². The van der Waals surface area contributed by atoms with E-state index in [2.05, 4.69) is 0 Å². The lowest BCUT2D eigenvalue weighted by Crippen LogP contribution is -2.44. The van der Waals surface area contributed by atoms with E-state index >= 15 is 0 Å². The van der Waals surface area contributed by atoms with Gasteiger partial charge >= 0.3 is 0 Å². The summed E-state index contributed by atoms with van der Waals surface area (Å²) in [6, 6.07) is 3.25. The molecule has 1 aliphatic rings. The molecule has 1 aromatic carbocycles. The highest BCUT2D eigenvalue weighted by molar-refractivity contribution is 6.01. The Balaban J connectivity index is 2.30. The first-order valence-electron chi connectivity index (χ1n) is 5.29. The molecule has 0 bridgehead atoms. The smallest absolute Gasteiger partial charge is 0.170 e. The van der Waals surface area contributed by atoms with E-state index in [0.29, 0.717) is 0 Å². The van der Waals surface area contributed by atoms with E-state index in [-0.39, 0.29) is 17.9 Å². The fourth-order valence-electron chi connectivity index (χ4n) is 2.07. The maximum absolute atomic E-state index is 13.0. The van der Waals surface area contributed by atoms with Crippen LogP contribution in [0.3, 0.4) is 0 Å². The molecule has 2 nitrogen and oxygen atoms in total. The second-order valence-electron chi connectivity index (χ2n) is 4.30. The van der Waals surface area contributed by atoms with Crippen LogP contribution in [-0.2, 0) is 0 Å². The van der Waals surface area contributed by atoms with Crippen molar-refractivity contribution in [2.45, 2.75) is 19.3 Å². The zero-order chi connectivity index (χ0) is 11.8. The summed E-state index contributed by atoms with van der Waals surface area (Å²) in [5.74, 6) is -2.09. The molecule has 4 heteroatoms. The molecule has 0 radical (unpaired) electrons. The molecule has 1 saturated carbocycles. The summed E-state index contributed by atoms with van der Waals surface area (Å²) in [5.41, 5.74) is 5.26. The molecular formula is C12H13F2NO. The third-order valence-electron chi connectivity index (χ3n) is 3.36. The van der Waals surface area contributed by atoms with Gasteiger partial charge in [0.25, 0.3) is 0 Å². The van der Waals surface area contributed by atoms with E-state index < -0.39 is 17.0 Å². The number of carbonyl (C=O) groups excluding carboxylic acids is 1. The van der Waals surface area contributed by atoms with Gasteiger partial charge in [-0.2, -0.15) is 0 Å². The van der Waals surface area contributed by atoms with E-state index in [1.165, 1.54) is 6.07 Å². The third kappa shape index (κ3) is 1.63. The third-order valence-corrected chi connectivity index (χ3v) is 3.36. The van der Waals surface area contributed by atoms with E-state index in [1.807, 2.05) is 0 Å². The second-order valence-corrected chi connectivity index (χ2v) is 4.30. The Hall–Kier alpha value is -1.29. The van der Waals surface area contributed by atoms with Gasteiger partial charge in [-0.1, -0.05) is 6.42 Å². The summed E-state index contributed by atoms with van der Waals surface area (Å²) >= 11 is 0. The molecule has 2 N–H and O–H groups in total. The number of carbonyl (C=O) groups is 1. The quantitative estimate of drug-likeness (QED) is 0.802. The molecule has 0 spiro atoms. The Morgan fingerprint density at radius 1 is 1.31 bits per heavy atom. The van der Waals surface area contributed by atoms with Gasteiger partial charge in [-0.05, 0) is 31.0 Å². The van der Waals surface area contributed by atoms with E-state index in [1.54, 1.807) is 0 Å². The molecule has 0 aliphatic heterocycles. The van der Waals surface area contributed by atoms with Crippen LogP contribution in [0.15, 0.2) is 18.2 Å². The number of halogens is 2. The predicted molar refractivity (Wildman–Crippen MR) is 56.0 cm³/mol. The Bertz CT molecular complexity index is 422. The van der Waals surface area contributed by atoms with Gasteiger partial charge in [0.15, 0.2) is 17.4 Å². The molecule has 1 aromatic rings. The molecule has 1 fully saturated rings. The fourth-order valence-corrected chi connectivity index (χ4v) is 2.07. The van der Waals surface area contributed by atoms with Gasteiger partial charge in [0.2, 0.25) is 0 Å². The van der Waals surface area contributed by atoms with E-state index in [9.17, 15) is 13.6 Å². The molecule has 0 aromatic heterocycles. The number of benzene rings is 1. The molecule has 0 unspecified atom stereocenters. The zero-order valence-electron chi connectivity index (χ0n) is 8.80. The molecule has 0 atom stereocenters. The Morgan fingerprint density at radius 3 is 2.44 bits per heavy atom. The lowest BCUT2D eigenvalue weighted by Gasteiger charge is -2.39. The van der Waals surface area contributed by atoms with Crippen molar-refractivity contribution in [3.05, 3.63) is 35.4 Å². The van der Waals surface area contributed by atoms with E-state index in [0.717, 1.165) is 31.4 Å². The van der Waals surface area contributed by atoms with Gasteiger partial charge < -0.3 is 5.73 Å². The standard InChI is InChI=1S/C12H13F2NO/c13-9-3-2-8(6-10(9)14)11(16)12(7-15)4-1-5-12/h2-3,6H,1,4-5,7,15H2. The van der Waals surface area contributed by atoms with Crippen molar-refractivity contribution in [2.24, 2.45) is 11.1 Å². The van der Waals surface area contributed by atoms with Crippen LogP contribution in [0.5, 0.6) is 0 Å². The lowest BCUT2D eigenvalue weighted by atomic mass is 9.64. The van der Waals surface area contributed by atoms with E-state index in [4.69, 9.17) is 5.73 Å². The average molecular weight is 225 g/mol. The van der Waals surface area contributed by atoms with Gasteiger partial charge in [-0.3, -0.25) is 4.79 Å². The van der Waals surface area contributed by atoms with Crippen LogP contribution in [0.25, 0.3) is 0 Å². The lowest BCUT2D eigenvalue weighted by molar-refractivity contribution is 0.0635. The first-order chi connectivity index (χ1) is 7.59. The van der Waals surface area contributed by atoms with Crippen LogP contribution in [0.2, 0.25) is 0 Å². The van der Waals surface area contributed by atoms with Crippen molar-refractivity contribution in [3.8, 4) is 0 Å². The van der Waals surface area contributed by atoms with Gasteiger partial charge in [0.1, 0.15) is 0 Å². The highest BCUT2D eigenvalue weighted by Crippen LogP contribution is 2.42. The Morgan fingerprint density at radius 2 is 2.00 bits per heavy atom. The molecule has 0 heterocycles. The summed E-state index contributed by atoms with van der Waals surface area (Å²) in [6.07, 6.45) is 2.44. The number of nitrogens with two attached hydrogens (primary N) is 1. The van der Waals surface area contributed by atoms with Gasteiger partial charge in [-0.25, -0.2) is 8.78 Å². The van der Waals surface area contributed by atoms with Crippen LogP contribution >= 0.6 is 0 Å². The topological polar surface area (TPSA) is 43.1 Å². The minimum absolute atomic E-state index is 0.167. The minimum atomic E-state index is -0.989. The van der Waals surface area contributed by atoms with Crippen LogP contribution in [0, 0.1) is 17.0 Å². The van der Waals surface area contributed by atoms with Gasteiger partial charge in [0, 0.05) is 17.5 Å². The van der Waals surface area contributed by atoms with Gasteiger partial charge in [-0.15, -0.1) is 0 Å². The number of rotatable bonds is 3. The highest BCUT2D eigenvalue weighted by Gasteiger charge is 2.43. The van der Waals surface area contributed by atoms with Crippen LogP contribution in [-0.4, -0.2) is 12.3 Å². The van der Waals surface area contributed by atoms with Crippen molar-refractivity contribution in [1.82, 2.24) is 0 Å². The van der Waals surface area contributed by atoms with Crippen molar-refractivity contribution in [3.63, 3.8) is 0 Å². The summed E-state index contributed by atoms with van der Waals surface area (Å²) in [5, 5.41) is 0. The number of hydrogen-bond donors (Lipinski definition) is 1. The van der Waals surface area contributed by atoms with Crippen LogP contribution in [0.1, 0.15) is 29.6 Å². The van der Waals surface area contributed by atoms with Crippen molar-refractivity contribution in [2.75, 3.05) is 6.54 Å². The maximum Gasteiger partial charge on any atom is 0.170 e. The molecule has 86 valence electrons. The minimum Gasteiger partial charge on any atom is -0.329 e. The molecule has 0 amide bonds. The SMILES string of the molecule is NCC1(C(=O)c2ccc(F)c(F)c2)CCC1. The molecular weight excluding hydrogens is 212 g/mol. The first-order valence-corrected chi connectivity index (χ1v) is 5.29. The fraction of sp³-hybridized carbons (Fsp3) is 0.417. The Labute approximate surface area is 92.4 Å². The van der Waals surface area contributed by atoms with Crippen LogP contribution in [0.4, 0.5) is 8.78 Å². The maximum atomic E-state index is 13.0. The summed E-state index contributed by atoms with van der Waals surface area (Å²) in [6.45, 7) is 0.269. The zero-order valence-corrected chi connectivity index (χ0v) is 8.80. The predicted octanol–water partition coefficient (Wildman–Crippen LogP) is 2.28. The Kier molecular flexibility index (Phi) is 2.76. The highest BCUT2D eigenvalue weighted by atomic mass is 19.2. The normalized spacial score (nSPS) is 17.9. The van der Waals surface area contributed by atoms with Gasteiger partial charge in [0.05, 0.1) is 0 Å². The first kappa shape index (κ1) is 11.2. The number of hydrogen-bond acceptors (Lipinski definition) is 2. The van der Waals surface area contributed by atoms with Crippen LogP contribution < -0.4 is 5.73 Å². The summed E-state index contributed by atoms with van der Waals surface area (Å²) < 4.78 is 25.7. The number of ketones is 1. The number of Topliss-reactive ketones (excluding diaryl/α,β-unsaturated/α-hetero) is 1. The summed E-state index contributed by atoms with van der Waals surface area (Å²) in [7, 11) is 0. The molecule has 0 saturated heterocycles. The molecule has 2 rings (SSSR count). The monoisotopic (exact) mass is 225 g/mol. The molecule has 16 heavy (non-hydrogen) atoms. The van der Waals surface area contributed by atoms with Crippen molar-refractivity contribution >= 4 is 5.78 Å². The summed E-state index contributed by atoms with van der Waals surface area (Å²) in [4.78, 5) is 12.1. The molecule has 1 aliphatic carbocycles.